The van der Waals surface area contributed by atoms with Crippen LogP contribution in [-0.2, 0) is 16.1 Å². The molecule has 0 saturated carbocycles. The van der Waals surface area contributed by atoms with Crippen molar-refractivity contribution in [3.05, 3.63) is 108 Å². The Morgan fingerprint density at radius 2 is 1.44 bits per heavy atom. The topological polar surface area (TPSA) is 132 Å². The fourth-order valence-corrected chi connectivity index (χ4v) is 3.16. The molecule has 0 spiro atoms. The van der Waals surface area contributed by atoms with E-state index >= 15 is 0 Å². The zero-order valence-corrected chi connectivity index (χ0v) is 18.1. The first-order chi connectivity index (χ1) is 16.6. The summed E-state index contributed by atoms with van der Waals surface area (Å²) in [6.07, 6.45) is 0. The lowest BCUT2D eigenvalue weighted by atomic mass is 10.1. The van der Waals surface area contributed by atoms with Crippen LogP contribution in [0.5, 0.6) is 0 Å². The summed E-state index contributed by atoms with van der Waals surface area (Å²) in [6, 6.07) is 25.8. The minimum Gasteiger partial charge on any atom is -0.456 e. The van der Waals surface area contributed by atoms with E-state index in [4.69, 9.17) is 10.5 Å². The van der Waals surface area contributed by atoms with Crippen LogP contribution in [-0.4, -0.2) is 26.8 Å². The van der Waals surface area contributed by atoms with Gasteiger partial charge in [0.1, 0.15) is 0 Å². The van der Waals surface area contributed by atoms with Gasteiger partial charge in [0, 0.05) is 11.3 Å². The number of hydrogen-bond acceptors (Lipinski definition) is 8. The van der Waals surface area contributed by atoms with Crippen LogP contribution in [0.15, 0.2) is 91.0 Å². The molecule has 0 aliphatic rings. The van der Waals surface area contributed by atoms with E-state index in [9.17, 15) is 9.59 Å². The summed E-state index contributed by atoms with van der Waals surface area (Å²) in [4.78, 5) is 38.0. The molecule has 170 valence electrons. The molecule has 0 aliphatic heterocycles. The summed E-state index contributed by atoms with van der Waals surface area (Å²) in [5, 5.41) is 5.76. The van der Waals surface area contributed by atoms with Crippen molar-refractivity contribution in [1.82, 2.24) is 20.3 Å². The third-order valence-corrected chi connectivity index (χ3v) is 4.75. The van der Waals surface area contributed by atoms with E-state index in [-0.39, 0.29) is 24.3 Å². The zero-order valence-electron chi connectivity index (χ0n) is 18.1. The van der Waals surface area contributed by atoms with Gasteiger partial charge in [-0.05, 0) is 29.8 Å². The molecular formula is C25H22N6O3. The number of hydrogen-bond donors (Lipinski definition) is 3. The molecule has 1 atom stereocenters. The highest BCUT2D eigenvalue weighted by Gasteiger charge is 2.25. The third kappa shape index (κ3) is 5.92. The Morgan fingerprint density at radius 3 is 2.12 bits per heavy atom. The minimum absolute atomic E-state index is 0.0172. The van der Waals surface area contributed by atoms with Crippen molar-refractivity contribution >= 4 is 29.5 Å². The minimum atomic E-state index is -1.02. The lowest BCUT2D eigenvalue weighted by Gasteiger charge is -2.18. The molecule has 1 amide bonds. The number of amides is 1. The van der Waals surface area contributed by atoms with Gasteiger partial charge in [-0.25, -0.2) is 4.79 Å². The maximum Gasteiger partial charge on any atom is 0.333 e. The monoisotopic (exact) mass is 454 g/mol. The van der Waals surface area contributed by atoms with Gasteiger partial charge in [-0.2, -0.15) is 15.0 Å². The first kappa shape index (κ1) is 22.4. The third-order valence-electron chi connectivity index (χ3n) is 4.75. The van der Waals surface area contributed by atoms with E-state index in [2.05, 4.69) is 25.6 Å². The van der Waals surface area contributed by atoms with Crippen LogP contribution in [0.25, 0.3) is 0 Å². The first-order valence-corrected chi connectivity index (χ1v) is 10.5. The van der Waals surface area contributed by atoms with Gasteiger partial charge in [-0.3, -0.25) is 4.79 Å². The molecular weight excluding hydrogens is 432 g/mol. The van der Waals surface area contributed by atoms with Crippen molar-refractivity contribution < 1.29 is 14.3 Å². The molecule has 3 aromatic carbocycles. The summed E-state index contributed by atoms with van der Waals surface area (Å²) in [5.74, 6) is -0.684. The summed E-state index contributed by atoms with van der Waals surface area (Å²) in [7, 11) is 0. The van der Waals surface area contributed by atoms with Crippen LogP contribution in [0, 0.1) is 0 Å². The number of nitrogens with zero attached hydrogens (tertiary/aromatic N) is 3. The predicted octanol–water partition coefficient (Wildman–Crippen LogP) is 3.41. The quantitative estimate of drug-likeness (QED) is 0.345. The number of nitrogens with one attached hydrogen (secondary N) is 2. The number of carbonyl (C=O) groups excluding carboxylic acids is 2. The van der Waals surface area contributed by atoms with Gasteiger partial charge in [-0.15, -0.1) is 0 Å². The van der Waals surface area contributed by atoms with E-state index < -0.39 is 17.9 Å². The molecule has 0 bridgehead atoms. The van der Waals surface area contributed by atoms with E-state index in [1.165, 1.54) is 0 Å². The average Bonchev–Trinajstić information content (AvgIpc) is 2.87. The summed E-state index contributed by atoms with van der Waals surface area (Å²) in [6.45, 7) is -0.250. The number of rotatable bonds is 8. The Labute approximate surface area is 196 Å². The molecule has 0 saturated heterocycles. The van der Waals surface area contributed by atoms with Crippen molar-refractivity contribution in [3.63, 3.8) is 0 Å². The molecule has 4 aromatic rings. The van der Waals surface area contributed by atoms with E-state index in [0.717, 1.165) is 5.69 Å². The Balaban J connectivity index is 1.48. The number of aromatic nitrogens is 3. The van der Waals surface area contributed by atoms with Crippen LogP contribution < -0.4 is 16.4 Å². The molecule has 0 fully saturated rings. The molecule has 1 unspecified atom stereocenters. The average molecular weight is 454 g/mol. The number of esters is 1. The smallest absolute Gasteiger partial charge is 0.333 e. The lowest BCUT2D eigenvalue weighted by Crippen LogP contribution is -2.35. The number of benzene rings is 3. The van der Waals surface area contributed by atoms with Crippen LogP contribution in [0.1, 0.15) is 27.8 Å². The van der Waals surface area contributed by atoms with Crippen molar-refractivity contribution in [2.45, 2.75) is 12.6 Å². The number of para-hydroxylation sites is 1. The molecule has 1 heterocycles. The zero-order chi connectivity index (χ0) is 23.8. The second-order valence-corrected chi connectivity index (χ2v) is 7.22. The maximum atomic E-state index is 13.0. The molecule has 4 N–H and O–H groups in total. The fraction of sp³-hybridized carbons (Fsp3) is 0.0800. The second kappa shape index (κ2) is 10.7. The van der Waals surface area contributed by atoms with Crippen LogP contribution >= 0.6 is 0 Å². The number of carbonyl (C=O) groups is 2. The highest BCUT2D eigenvalue weighted by atomic mass is 16.5. The summed E-state index contributed by atoms with van der Waals surface area (Å²) in [5.41, 5.74) is 7.58. The first-order valence-electron chi connectivity index (χ1n) is 10.5. The largest absolute Gasteiger partial charge is 0.456 e. The fourth-order valence-electron chi connectivity index (χ4n) is 3.16. The SMILES string of the molecule is Nc1nc(COC(=O)C(NC(=O)c2ccccc2)c2ccccc2)nc(Nc2ccccc2)n1. The molecule has 1 aromatic heterocycles. The molecule has 9 nitrogen and oxygen atoms in total. The van der Waals surface area contributed by atoms with Crippen LogP contribution in [0.3, 0.4) is 0 Å². The standard InChI is InChI=1S/C25H22N6O3/c26-24-28-20(29-25(31-24)27-19-14-8-3-9-15-19)16-34-23(33)21(17-10-4-1-5-11-17)30-22(32)18-12-6-2-7-13-18/h1-15,21H,16H2,(H,30,32)(H3,26,27,28,29,31). The van der Waals surface area contributed by atoms with Crippen molar-refractivity contribution in [3.8, 4) is 0 Å². The number of nitrogen functional groups attached to an aromatic ring is 1. The van der Waals surface area contributed by atoms with Gasteiger partial charge in [0.05, 0.1) is 0 Å². The highest BCUT2D eigenvalue weighted by molar-refractivity contribution is 5.97. The van der Waals surface area contributed by atoms with Gasteiger partial charge in [0.2, 0.25) is 11.9 Å². The Kier molecular flexibility index (Phi) is 7.04. The Bertz CT molecular complexity index is 1250. The number of anilines is 3. The van der Waals surface area contributed by atoms with Gasteiger partial charge in [0.25, 0.3) is 5.91 Å². The number of ether oxygens (including phenoxy) is 1. The molecule has 34 heavy (non-hydrogen) atoms. The van der Waals surface area contributed by atoms with E-state index in [1.807, 2.05) is 36.4 Å². The summed E-state index contributed by atoms with van der Waals surface area (Å²) < 4.78 is 5.45. The predicted molar refractivity (Wildman–Crippen MR) is 127 cm³/mol. The lowest BCUT2D eigenvalue weighted by molar-refractivity contribution is -0.147. The Hall–Kier alpha value is -4.79. The Morgan fingerprint density at radius 1 is 0.824 bits per heavy atom. The van der Waals surface area contributed by atoms with Crippen molar-refractivity contribution in [2.24, 2.45) is 0 Å². The maximum absolute atomic E-state index is 13.0. The normalized spacial score (nSPS) is 11.3. The number of nitrogens with two attached hydrogens (primary N) is 1. The molecule has 4 rings (SSSR count). The summed E-state index contributed by atoms with van der Waals surface area (Å²) >= 11 is 0. The molecule has 0 aliphatic carbocycles. The highest BCUT2D eigenvalue weighted by Crippen LogP contribution is 2.17. The van der Waals surface area contributed by atoms with Gasteiger partial charge in [-0.1, -0.05) is 66.7 Å². The second-order valence-electron chi connectivity index (χ2n) is 7.22. The molecule has 0 radical (unpaired) electrons. The van der Waals surface area contributed by atoms with E-state index in [0.29, 0.717) is 11.1 Å². The van der Waals surface area contributed by atoms with E-state index in [1.54, 1.807) is 54.6 Å². The van der Waals surface area contributed by atoms with Crippen molar-refractivity contribution in [2.75, 3.05) is 11.1 Å². The van der Waals surface area contributed by atoms with Gasteiger partial charge < -0.3 is 21.1 Å². The molecule has 9 heteroatoms. The van der Waals surface area contributed by atoms with Crippen LogP contribution in [0.2, 0.25) is 0 Å². The van der Waals surface area contributed by atoms with Crippen LogP contribution in [0.4, 0.5) is 17.6 Å². The van der Waals surface area contributed by atoms with Gasteiger partial charge in [0.15, 0.2) is 18.5 Å². The van der Waals surface area contributed by atoms with Crippen molar-refractivity contribution in [1.29, 1.82) is 0 Å². The van der Waals surface area contributed by atoms with Gasteiger partial charge >= 0.3 is 5.97 Å².